The molecule has 0 heterocycles. The van der Waals surface area contributed by atoms with Crippen LogP contribution in [0.3, 0.4) is 0 Å². The zero-order valence-electron chi connectivity index (χ0n) is 11.5. The lowest BCUT2D eigenvalue weighted by Gasteiger charge is -2.17. The van der Waals surface area contributed by atoms with Gasteiger partial charge in [0.2, 0.25) is 11.8 Å². The molecule has 2 rings (SSSR count). The molecule has 1 fully saturated rings. The highest BCUT2D eigenvalue weighted by atomic mass is 79.9. The van der Waals surface area contributed by atoms with Crippen LogP contribution in [0.4, 0.5) is 0 Å². The van der Waals surface area contributed by atoms with Crippen LogP contribution in [0.15, 0.2) is 28.7 Å². The van der Waals surface area contributed by atoms with Crippen molar-refractivity contribution in [3.8, 4) is 0 Å². The summed E-state index contributed by atoms with van der Waals surface area (Å²) in [6, 6.07) is 8.17. The van der Waals surface area contributed by atoms with Crippen LogP contribution >= 0.6 is 28.3 Å². The van der Waals surface area contributed by atoms with Crippen molar-refractivity contribution in [2.75, 3.05) is 19.6 Å². The SMILES string of the molecule is Cl.NCC(=O)NCC(=O)NCC1(c2cccc(Br)c2)CC1. The molecule has 2 amide bonds. The summed E-state index contributed by atoms with van der Waals surface area (Å²) in [5.41, 5.74) is 6.44. The van der Waals surface area contributed by atoms with Crippen molar-refractivity contribution in [3.63, 3.8) is 0 Å². The second-order valence-electron chi connectivity index (χ2n) is 5.05. The van der Waals surface area contributed by atoms with Gasteiger partial charge in [-0.1, -0.05) is 28.1 Å². The maximum absolute atomic E-state index is 11.7. The Labute approximate surface area is 138 Å². The summed E-state index contributed by atoms with van der Waals surface area (Å²) >= 11 is 3.46. The summed E-state index contributed by atoms with van der Waals surface area (Å²) in [5.74, 6) is -0.513. The molecule has 21 heavy (non-hydrogen) atoms. The number of nitrogens with two attached hydrogens (primary N) is 1. The molecular formula is C14H19BrClN3O2. The van der Waals surface area contributed by atoms with Crippen LogP contribution in [0.25, 0.3) is 0 Å². The average molecular weight is 377 g/mol. The molecule has 0 atom stereocenters. The van der Waals surface area contributed by atoms with E-state index in [1.165, 1.54) is 5.56 Å². The number of hydrogen-bond acceptors (Lipinski definition) is 3. The summed E-state index contributed by atoms with van der Waals surface area (Å²) in [4.78, 5) is 22.6. The lowest BCUT2D eigenvalue weighted by Crippen LogP contribution is -2.41. The highest BCUT2D eigenvalue weighted by Gasteiger charge is 2.44. The molecule has 1 aromatic rings. The van der Waals surface area contributed by atoms with Gasteiger partial charge in [-0.3, -0.25) is 9.59 Å². The second kappa shape index (κ2) is 7.77. The number of benzene rings is 1. The van der Waals surface area contributed by atoms with E-state index in [-0.39, 0.29) is 42.7 Å². The Morgan fingerprint density at radius 3 is 2.52 bits per heavy atom. The van der Waals surface area contributed by atoms with Crippen LogP contribution in [0.2, 0.25) is 0 Å². The normalized spacial score (nSPS) is 14.8. The predicted octanol–water partition coefficient (Wildman–Crippen LogP) is 1.09. The minimum Gasteiger partial charge on any atom is -0.354 e. The molecule has 0 spiro atoms. The standard InChI is InChI=1S/C14H18BrN3O2.ClH/c15-11-3-1-2-10(6-11)14(4-5-14)9-18-13(20)8-17-12(19)7-16;/h1-3,6H,4-5,7-9,16H2,(H,17,19)(H,18,20);1H. The van der Waals surface area contributed by atoms with E-state index in [4.69, 9.17) is 5.73 Å². The minimum absolute atomic E-state index is 0. The van der Waals surface area contributed by atoms with Gasteiger partial charge < -0.3 is 16.4 Å². The third-order valence-corrected chi connectivity index (χ3v) is 4.04. The molecule has 0 unspecified atom stereocenters. The van der Waals surface area contributed by atoms with Gasteiger partial charge in [-0.15, -0.1) is 12.4 Å². The highest BCUT2D eigenvalue weighted by Crippen LogP contribution is 2.48. The number of halogens is 2. The van der Waals surface area contributed by atoms with E-state index >= 15 is 0 Å². The fourth-order valence-corrected chi connectivity index (χ4v) is 2.52. The molecule has 0 saturated heterocycles. The van der Waals surface area contributed by atoms with Gasteiger partial charge in [0.05, 0.1) is 13.1 Å². The maximum atomic E-state index is 11.7. The van der Waals surface area contributed by atoms with Gasteiger partial charge in [0.1, 0.15) is 0 Å². The monoisotopic (exact) mass is 375 g/mol. The quantitative estimate of drug-likeness (QED) is 0.695. The molecule has 0 aliphatic heterocycles. The van der Waals surface area contributed by atoms with E-state index in [1.54, 1.807) is 0 Å². The number of amides is 2. The number of rotatable bonds is 6. The number of hydrogen-bond donors (Lipinski definition) is 3. The Kier molecular flexibility index (Phi) is 6.64. The van der Waals surface area contributed by atoms with Gasteiger partial charge in [-0.05, 0) is 30.5 Å². The van der Waals surface area contributed by atoms with Crippen LogP contribution in [-0.2, 0) is 15.0 Å². The summed E-state index contributed by atoms with van der Waals surface area (Å²) in [7, 11) is 0. The van der Waals surface area contributed by atoms with Gasteiger partial charge in [-0.25, -0.2) is 0 Å². The summed E-state index contributed by atoms with van der Waals surface area (Å²) in [6.07, 6.45) is 2.14. The third kappa shape index (κ3) is 4.98. The summed E-state index contributed by atoms with van der Waals surface area (Å²) < 4.78 is 1.04. The molecule has 1 aliphatic carbocycles. The van der Waals surface area contributed by atoms with Gasteiger partial charge in [-0.2, -0.15) is 0 Å². The topological polar surface area (TPSA) is 84.2 Å². The third-order valence-electron chi connectivity index (χ3n) is 3.55. The van der Waals surface area contributed by atoms with E-state index in [1.807, 2.05) is 12.1 Å². The Balaban J connectivity index is 0.00000220. The molecule has 1 aromatic carbocycles. The van der Waals surface area contributed by atoms with Gasteiger partial charge in [0, 0.05) is 16.4 Å². The van der Waals surface area contributed by atoms with E-state index < -0.39 is 0 Å². The van der Waals surface area contributed by atoms with Crippen molar-refractivity contribution in [2.24, 2.45) is 5.73 Å². The van der Waals surface area contributed by atoms with Crippen LogP contribution in [0.5, 0.6) is 0 Å². The molecule has 116 valence electrons. The average Bonchev–Trinajstić information content (AvgIpc) is 3.23. The van der Waals surface area contributed by atoms with E-state index in [0.29, 0.717) is 6.54 Å². The van der Waals surface area contributed by atoms with E-state index in [9.17, 15) is 9.59 Å². The van der Waals surface area contributed by atoms with Crippen molar-refractivity contribution in [3.05, 3.63) is 34.3 Å². The number of nitrogens with one attached hydrogen (secondary N) is 2. The van der Waals surface area contributed by atoms with Crippen molar-refractivity contribution in [1.29, 1.82) is 0 Å². The minimum atomic E-state index is -0.326. The molecule has 4 N–H and O–H groups in total. The second-order valence-corrected chi connectivity index (χ2v) is 5.96. The molecule has 0 bridgehead atoms. The van der Waals surface area contributed by atoms with E-state index in [2.05, 4.69) is 38.7 Å². The van der Waals surface area contributed by atoms with Crippen molar-refractivity contribution in [1.82, 2.24) is 10.6 Å². The maximum Gasteiger partial charge on any atom is 0.239 e. The zero-order chi connectivity index (χ0) is 14.6. The largest absolute Gasteiger partial charge is 0.354 e. The lowest BCUT2D eigenvalue weighted by molar-refractivity contribution is -0.125. The first-order chi connectivity index (χ1) is 9.55. The summed E-state index contributed by atoms with van der Waals surface area (Å²) in [5, 5.41) is 5.33. The van der Waals surface area contributed by atoms with E-state index in [0.717, 1.165) is 17.3 Å². The lowest BCUT2D eigenvalue weighted by atomic mass is 9.96. The van der Waals surface area contributed by atoms with Crippen molar-refractivity contribution < 1.29 is 9.59 Å². The molecule has 7 heteroatoms. The highest BCUT2D eigenvalue weighted by molar-refractivity contribution is 9.10. The first-order valence-electron chi connectivity index (χ1n) is 6.55. The summed E-state index contributed by atoms with van der Waals surface area (Å²) in [6.45, 7) is 0.473. The first kappa shape index (κ1) is 17.9. The Hall–Kier alpha value is -1.11. The smallest absolute Gasteiger partial charge is 0.239 e. The number of carbonyl (C=O) groups is 2. The fourth-order valence-electron chi connectivity index (χ4n) is 2.12. The van der Waals surface area contributed by atoms with Crippen molar-refractivity contribution >= 4 is 40.2 Å². The van der Waals surface area contributed by atoms with Crippen molar-refractivity contribution in [2.45, 2.75) is 18.3 Å². The molecule has 1 aliphatic rings. The van der Waals surface area contributed by atoms with Crippen LogP contribution in [-0.4, -0.2) is 31.4 Å². The molecular weight excluding hydrogens is 358 g/mol. The predicted molar refractivity (Wildman–Crippen MR) is 87.4 cm³/mol. The van der Waals surface area contributed by atoms with Crippen LogP contribution in [0.1, 0.15) is 18.4 Å². The fraction of sp³-hybridized carbons (Fsp3) is 0.429. The first-order valence-corrected chi connectivity index (χ1v) is 7.34. The van der Waals surface area contributed by atoms with Gasteiger partial charge in [0.25, 0.3) is 0 Å². The Bertz CT molecular complexity index is 521. The molecule has 0 aromatic heterocycles. The van der Waals surface area contributed by atoms with Crippen LogP contribution < -0.4 is 16.4 Å². The molecule has 0 radical (unpaired) electrons. The Morgan fingerprint density at radius 1 is 1.24 bits per heavy atom. The Morgan fingerprint density at radius 2 is 1.95 bits per heavy atom. The molecule has 1 saturated carbocycles. The zero-order valence-corrected chi connectivity index (χ0v) is 13.9. The van der Waals surface area contributed by atoms with Gasteiger partial charge in [0.15, 0.2) is 0 Å². The molecule has 5 nitrogen and oxygen atoms in total. The van der Waals surface area contributed by atoms with Crippen LogP contribution in [0, 0.1) is 0 Å². The van der Waals surface area contributed by atoms with Gasteiger partial charge >= 0.3 is 0 Å². The number of carbonyl (C=O) groups excluding carboxylic acids is 2.